The molecular formula is C40H4CoF28N8. The largest absolute Gasteiger partial charge is 2.00 e. The predicted molar refractivity (Wildman–Crippen MR) is 194 cm³/mol. The molecule has 0 fully saturated rings. The van der Waals surface area contributed by atoms with Gasteiger partial charge in [0.05, 0.1) is 45.6 Å². The molecule has 77 heavy (non-hydrogen) atoms. The fourth-order valence-electron chi connectivity index (χ4n) is 8.11. The van der Waals surface area contributed by atoms with Crippen LogP contribution in [0.4, 0.5) is 123 Å². The van der Waals surface area contributed by atoms with Crippen LogP contribution in [0.25, 0.3) is 89.7 Å². The average Bonchev–Trinajstić information content (AvgIpc) is 3.95. The van der Waals surface area contributed by atoms with Gasteiger partial charge in [0.2, 0.25) is 0 Å². The molecule has 0 N–H and O–H groups in total. The standard InChI is InChI=1S/C40H4F28N8.Co/c41-21-13-5(1-9(33(45,46)47)17(21)37(57,58)59)25-69-29(13)74-26-7-3-11(35(51,52)53)19(39(63,64)65)23(43)15(7)31(71-26)76-28-8-4-12(36(54,55)56)20(40(66,67)68)24(44)16(8)32(72-28)75-27-6-2-10(34(48,49)50)18(38(60,61)62)22(42)14(6)30(70-27)73-25;/h1-4H;/q-2;+2. The predicted octanol–water partition coefficient (Wildman–Crippen LogP) is 14.8. The van der Waals surface area contributed by atoms with Crippen molar-refractivity contribution in [1.82, 2.24) is 39.9 Å². The maximum atomic E-state index is 16.3. The van der Waals surface area contributed by atoms with Gasteiger partial charge in [-0.2, -0.15) is 105 Å². The van der Waals surface area contributed by atoms with Crippen molar-refractivity contribution in [3.8, 4) is 45.6 Å². The van der Waals surface area contributed by atoms with Crippen LogP contribution in [0.3, 0.4) is 0 Å². The van der Waals surface area contributed by atoms with Gasteiger partial charge in [0.1, 0.15) is 45.5 Å². The van der Waals surface area contributed by atoms with Crippen LogP contribution in [-0.4, -0.2) is 29.9 Å². The molecule has 0 unspecified atom stereocenters. The topological polar surface area (TPSA) is 106 Å². The number of alkyl halides is 24. The zero-order valence-corrected chi connectivity index (χ0v) is 35.8. The minimum Gasteiger partial charge on any atom is -0.357 e. The maximum absolute atomic E-state index is 16.3. The molecule has 8 bridgehead atoms. The van der Waals surface area contributed by atoms with Crippen molar-refractivity contribution in [2.75, 3.05) is 0 Å². The Bertz CT molecular complexity index is 3620. The van der Waals surface area contributed by atoms with Crippen LogP contribution in [0, 0.1) is 23.3 Å². The summed E-state index contributed by atoms with van der Waals surface area (Å²) in [6.45, 7) is 0. The van der Waals surface area contributed by atoms with Crippen LogP contribution in [-0.2, 0) is 66.2 Å². The summed E-state index contributed by atoms with van der Waals surface area (Å²) >= 11 is 0. The van der Waals surface area contributed by atoms with E-state index in [0.717, 1.165) is 0 Å². The first-order chi connectivity index (χ1) is 34.4. The minimum absolute atomic E-state index is 0. The van der Waals surface area contributed by atoms with Gasteiger partial charge < -0.3 is 29.9 Å². The van der Waals surface area contributed by atoms with E-state index in [0.29, 0.717) is 0 Å². The summed E-state index contributed by atoms with van der Waals surface area (Å²) in [4.78, 5) is 26.4. The van der Waals surface area contributed by atoms with E-state index in [2.05, 4.69) is 39.9 Å². The molecule has 8 nitrogen and oxygen atoms in total. The Balaban J connectivity index is 0.00000784. The number of rotatable bonds is 0. The van der Waals surface area contributed by atoms with Gasteiger partial charge in [0.15, 0.2) is 0 Å². The first-order valence-electron chi connectivity index (χ1n) is 19.2. The number of fused-ring (bicyclic) bond motifs is 20. The normalized spacial score (nSPS) is 13.9. The number of aromatic nitrogens is 8. The van der Waals surface area contributed by atoms with Gasteiger partial charge in [-0.05, 0) is 35.0 Å². The van der Waals surface area contributed by atoms with Crippen LogP contribution in [0.1, 0.15) is 44.5 Å². The third-order valence-corrected chi connectivity index (χ3v) is 11.0. The van der Waals surface area contributed by atoms with E-state index in [1.807, 2.05) is 0 Å². The minimum atomic E-state index is -6.46. The monoisotopic (exact) mass is 1190 g/mol. The van der Waals surface area contributed by atoms with Gasteiger partial charge in [-0.3, -0.25) is 0 Å². The quantitative estimate of drug-likeness (QED) is 0.138. The Kier molecular flexibility index (Phi) is 12.3. The first kappa shape index (κ1) is 56.0. The van der Waals surface area contributed by atoms with Crippen LogP contribution in [0.2, 0.25) is 0 Å². The fraction of sp³-hybridized carbons (Fsp3) is 0.200. The molecule has 0 saturated carbocycles. The van der Waals surface area contributed by atoms with Crippen molar-refractivity contribution in [2.24, 2.45) is 0 Å². The summed E-state index contributed by atoms with van der Waals surface area (Å²) in [5, 5.41) is -7.78. The molecule has 1 radical (unpaired) electrons. The number of halogens is 28. The molecule has 0 amide bonds. The molecule has 37 heteroatoms. The number of hydrogen-bond donors (Lipinski definition) is 0. The van der Waals surface area contributed by atoms with Crippen molar-refractivity contribution in [1.29, 1.82) is 0 Å². The molecule has 3 aromatic heterocycles. The second-order valence-corrected chi connectivity index (χ2v) is 15.6. The third kappa shape index (κ3) is 8.99. The van der Waals surface area contributed by atoms with E-state index in [-0.39, 0.29) is 16.8 Å². The van der Waals surface area contributed by atoms with Gasteiger partial charge in [-0.25, -0.2) is 27.5 Å². The van der Waals surface area contributed by atoms with Crippen molar-refractivity contribution in [3.63, 3.8) is 0 Å². The van der Waals surface area contributed by atoms with E-state index < -0.39 is 231 Å². The molecular weight excluding hydrogens is 1180 g/mol. The van der Waals surface area contributed by atoms with Gasteiger partial charge in [0.25, 0.3) is 0 Å². The second-order valence-electron chi connectivity index (χ2n) is 15.6. The molecule has 4 aromatic carbocycles. The van der Waals surface area contributed by atoms with Crippen molar-refractivity contribution >= 4 is 44.1 Å². The molecule has 0 saturated heterocycles. The molecule has 0 spiro atoms. The smallest absolute Gasteiger partial charge is 0.357 e. The van der Waals surface area contributed by atoms with Crippen LogP contribution in [0.5, 0.6) is 0 Å². The van der Waals surface area contributed by atoms with E-state index in [1.54, 1.807) is 0 Å². The Hall–Kier alpha value is -7.21. The Morgan fingerprint density at radius 3 is 0.792 bits per heavy atom. The second kappa shape index (κ2) is 16.9. The van der Waals surface area contributed by atoms with Gasteiger partial charge in [0, 0.05) is 55.6 Å². The Labute approximate surface area is 410 Å². The number of benzene rings is 4. The van der Waals surface area contributed by atoms with Gasteiger partial charge in [-0.15, -0.1) is 0 Å². The number of hydrogen-bond acceptors (Lipinski definition) is 6. The molecule has 5 heterocycles. The van der Waals surface area contributed by atoms with E-state index in [9.17, 15) is 105 Å². The van der Waals surface area contributed by atoms with E-state index in [1.165, 1.54) is 0 Å². The summed E-state index contributed by atoms with van der Waals surface area (Å²) in [6, 6.07) is -2.83. The van der Waals surface area contributed by atoms with E-state index >= 15 is 17.6 Å². The molecule has 409 valence electrons. The first-order valence-corrected chi connectivity index (χ1v) is 19.2. The summed E-state index contributed by atoms with van der Waals surface area (Å²) in [7, 11) is 0. The molecule has 0 atom stereocenters. The summed E-state index contributed by atoms with van der Waals surface area (Å²) in [5.74, 6) is -20.3. The zero-order chi connectivity index (χ0) is 56.7. The van der Waals surface area contributed by atoms with Gasteiger partial charge >= 0.3 is 66.2 Å². The molecule has 2 aliphatic rings. The summed E-state index contributed by atoms with van der Waals surface area (Å²) in [6.07, 6.45) is -51.2. The fourth-order valence-corrected chi connectivity index (χ4v) is 8.11. The third-order valence-electron chi connectivity index (χ3n) is 11.0. The molecule has 2 aliphatic heterocycles. The van der Waals surface area contributed by atoms with Crippen molar-refractivity contribution < 1.29 is 140 Å². The van der Waals surface area contributed by atoms with Crippen molar-refractivity contribution in [2.45, 2.75) is 49.4 Å². The van der Waals surface area contributed by atoms with Crippen molar-refractivity contribution in [3.05, 3.63) is 92.0 Å². The zero-order valence-electron chi connectivity index (χ0n) is 34.8. The Morgan fingerprint density at radius 1 is 0.286 bits per heavy atom. The number of nitrogens with zero attached hydrogens (tertiary/aromatic N) is 8. The van der Waals surface area contributed by atoms with Crippen LogP contribution >= 0.6 is 0 Å². The molecule has 0 aliphatic carbocycles. The molecule has 7 aromatic rings. The summed E-state index contributed by atoms with van der Waals surface area (Å²) < 4.78 is 409. The average molecular weight is 1190 g/mol. The van der Waals surface area contributed by atoms with Crippen LogP contribution in [0.15, 0.2) is 24.3 Å². The molecule has 9 rings (SSSR count). The van der Waals surface area contributed by atoms with Gasteiger partial charge in [-0.1, -0.05) is 0 Å². The van der Waals surface area contributed by atoms with Crippen LogP contribution < -0.4 is 9.97 Å². The summed E-state index contributed by atoms with van der Waals surface area (Å²) in [5.41, 5.74) is -40.9. The maximum Gasteiger partial charge on any atom is 2.00 e. The SMILES string of the molecule is Fc1c2c(cc(C(F)(F)F)c1C(F)(F)F)-c1nc-2nc2[n-]c(nc3nc(nc4[n-]c(n1)c1c(F)c(C(F)(F)F)c(C(F)(F)F)cc41)-c1c-3cc(C(F)(F)F)c(C(F)(F)F)c1F)c1c(F)c(C(F)(F)F)c(C(F)(F)F)cc21.[Co+2]. The Morgan fingerprint density at radius 2 is 0.532 bits per heavy atom. The van der Waals surface area contributed by atoms with E-state index in [4.69, 9.17) is 0 Å².